The zero-order valence-corrected chi connectivity index (χ0v) is 18.9. The Kier molecular flexibility index (Phi) is 6.62. The van der Waals surface area contributed by atoms with E-state index in [0.29, 0.717) is 12.1 Å². The summed E-state index contributed by atoms with van der Waals surface area (Å²) in [5, 5.41) is 5.68. The SMILES string of the molecule is O=C1CN(S(=O)(=O)c2cccc(C(=O)NCC3(c4ccccc4)CCCCC3)c2)CCN1. The number of piperazine rings is 1. The summed E-state index contributed by atoms with van der Waals surface area (Å²) in [6, 6.07) is 16.4. The maximum atomic E-state index is 13.0. The van der Waals surface area contributed by atoms with Gasteiger partial charge in [0.05, 0.1) is 11.4 Å². The lowest BCUT2D eigenvalue weighted by Crippen LogP contribution is -2.49. The molecule has 0 atom stereocenters. The van der Waals surface area contributed by atoms with Gasteiger partial charge in [0.15, 0.2) is 0 Å². The second-order valence-corrected chi connectivity index (χ2v) is 10.5. The number of carbonyl (C=O) groups excluding carboxylic acids is 2. The molecule has 0 aromatic heterocycles. The van der Waals surface area contributed by atoms with Crippen LogP contribution < -0.4 is 10.6 Å². The Hall–Kier alpha value is -2.71. The number of sulfonamides is 1. The van der Waals surface area contributed by atoms with E-state index in [9.17, 15) is 18.0 Å². The molecule has 2 fully saturated rings. The molecule has 1 aliphatic heterocycles. The van der Waals surface area contributed by atoms with Crippen LogP contribution in [0.1, 0.15) is 48.0 Å². The Morgan fingerprint density at radius 2 is 1.78 bits per heavy atom. The fourth-order valence-electron chi connectivity index (χ4n) is 4.71. The maximum absolute atomic E-state index is 13.0. The van der Waals surface area contributed by atoms with Gasteiger partial charge in [0, 0.05) is 30.6 Å². The zero-order valence-electron chi connectivity index (χ0n) is 18.0. The highest BCUT2D eigenvalue weighted by Crippen LogP contribution is 2.39. The van der Waals surface area contributed by atoms with Crippen molar-refractivity contribution in [3.05, 3.63) is 65.7 Å². The van der Waals surface area contributed by atoms with Gasteiger partial charge in [0.1, 0.15) is 0 Å². The molecule has 0 spiro atoms. The molecule has 4 rings (SSSR count). The minimum Gasteiger partial charge on any atom is -0.354 e. The fourth-order valence-corrected chi connectivity index (χ4v) is 6.15. The molecule has 2 amide bonds. The van der Waals surface area contributed by atoms with E-state index in [1.54, 1.807) is 12.1 Å². The van der Waals surface area contributed by atoms with E-state index in [2.05, 4.69) is 22.8 Å². The van der Waals surface area contributed by atoms with Crippen molar-refractivity contribution >= 4 is 21.8 Å². The Labute approximate surface area is 189 Å². The van der Waals surface area contributed by atoms with Crippen LogP contribution in [0, 0.1) is 0 Å². The van der Waals surface area contributed by atoms with E-state index in [1.807, 2.05) is 18.2 Å². The molecule has 0 unspecified atom stereocenters. The first-order valence-corrected chi connectivity index (χ1v) is 12.6. The highest BCUT2D eigenvalue weighted by molar-refractivity contribution is 7.89. The predicted molar refractivity (Wildman–Crippen MR) is 122 cm³/mol. The number of carbonyl (C=O) groups is 2. The summed E-state index contributed by atoms with van der Waals surface area (Å²) in [5.41, 5.74) is 1.44. The van der Waals surface area contributed by atoms with Crippen molar-refractivity contribution < 1.29 is 18.0 Å². The summed E-state index contributed by atoms with van der Waals surface area (Å²) in [5.74, 6) is -0.619. The molecule has 0 bridgehead atoms. The van der Waals surface area contributed by atoms with Crippen LogP contribution >= 0.6 is 0 Å². The number of nitrogens with one attached hydrogen (secondary N) is 2. The van der Waals surface area contributed by atoms with Crippen LogP contribution in [0.25, 0.3) is 0 Å². The van der Waals surface area contributed by atoms with E-state index in [0.717, 1.165) is 30.0 Å². The van der Waals surface area contributed by atoms with Gasteiger partial charge in [-0.1, -0.05) is 55.7 Å². The van der Waals surface area contributed by atoms with E-state index in [1.165, 1.54) is 24.1 Å². The highest BCUT2D eigenvalue weighted by atomic mass is 32.2. The van der Waals surface area contributed by atoms with Crippen LogP contribution in [0.3, 0.4) is 0 Å². The van der Waals surface area contributed by atoms with Crippen LogP contribution in [0.2, 0.25) is 0 Å². The van der Waals surface area contributed by atoms with Crippen molar-refractivity contribution in [2.75, 3.05) is 26.2 Å². The van der Waals surface area contributed by atoms with Gasteiger partial charge in [-0.3, -0.25) is 9.59 Å². The van der Waals surface area contributed by atoms with Gasteiger partial charge >= 0.3 is 0 Å². The van der Waals surface area contributed by atoms with Crippen LogP contribution in [0.5, 0.6) is 0 Å². The Morgan fingerprint density at radius 3 is 2.50 bits per heavy atom. The summed E-state index contributed by atoms with van der Waals surface area (Å²) >= 11 is 0. The number of nitrogens with zero attached hydrogens (tertiary/aromatic N) is 1. The second-order valence-electron chi connectivity index (χ2n) is 8.61. The van der Waals surface area contributed by atoms with Crippen molar-refractivity contribution in [3.8, 4) is 0 Å². The summed E-state index contributed by atoms with van der Waals surface area (Å²) < 4.78 is 27.1. The van der Waals surface area contributed by atoms with E-state index >= 15 is 0 Å². The van der Waals surface area contributed by atoms with Gasteiger partial charge < -0.3 is 10.6 Å². The lowest BCUT2D eigenvalue weighted by atomic mass is 9.69. The van der Waals surface area contributed by atoms with Crippen LogP contribution in [-0.4, -0.2) is 50.7 Å². The molecule has 8 heteroatoms. The molecule has 1 saturated carbocycles. The predicted octanol–water partition coefficient (Wildman–Crippen LogP) is 2.44. The lowest BCUT2D eigenvalue weighted by molar-refractivity contribution is -0.122. The topological polar surface area (TPSA) is 95.6 Å². The smallest absolute Gasteiger partial charge is 0.251 e. The van der Waals surface area contributed by atoms with Gasteiger partial charge in [-0.05, 0) is 36.6 Å². The summed E-state index contributed by atoms with van der Waals surface area (Å²) in [4.78, 5) is 24.6. The molecule has 32 heavy (non-hydrogen) atoms. The number of rotatable bonds is 6. The van der Waals surface area contributed by atoms with Crippen molar-refractivity contribution in [2.24, 2.45) is 0 Å². The van der Waals surface area contributed by atoms with Crippen molar-refractivity contribution in [2.45, 2.75) is 42.4 Å². The van der Waals surface area contributed by atoms with Gasteiger partial charge in [-0.25, -0.2) is 8.42 Å². The molecule has 2 aromatic carbocycles. The number of hydrogen-bond donors (Lipinski definition) is 2. The van der Waals surface area contributed by atoms with Gasteiger partial charge in [-0.15, -0.1) is 0 Å². The monoisotopic (exact) mass is 455 g/mol. The molecule has 2 aliphatic rings. The quantitative estimate of drug-likeness (QED) is 0.699. The lowest BCUT2D eigenvalue weighted by Gasteiger charge is -2.38. The first kappa shape index (κ1) is 22.5. The van der Waals surface area contributed by atoms with E-state index < -0.39 is 10.0 Å². The van der Waals surface area contributed by atoms with Gasteiger partial charge in [0.25, 0.3) is 5.91 Å². The molecule has 1 heterocycles. The summed E-state index contributed by atoms with van der Waals surface area (Å²) in [6.07, 6.45) is 5.49. The van der Waals surface area contributed by atoms with Crippen LogP contribution in [0.4, 0.5) is 0 Å². The second kappa shape index (κ2) is 9.42. The Balaban J connectivity index is 1.51. The first-order valence-electron chi connectivity index (χ1n) is 11.1. The highest BCUT2D eigenvalue weighted by Gasteiger charge is 2.34. The summed E-state index contributed by atoms with van der Waals surface area (Å²) in [7, 11) is -3.85. The normalized spacial score (nSPS) is 19.2. The standard InChI is InChI=1S/C24H29N3O4S/c28-22-17-27(15-14-25-22)32(30,31)21-11-7-8-19(16-21)23(29)26-18-24(12-5-2-6-13-24)20-9-3-1-4-10-20/h1,3-4,7-11,16H,2,5-6,12-15,17-18H2,(H,25,28)(H,26,29). The van der Waals surface area contributed by atoms with E-state index in [-0.39, 0.29) is 41.8 Å². The first-order chi connectivity index (χ1) is 15.4. The molecule has 170 valence electrons. The third-order valence-corrected chi connectivity index (χ3v) is 8.36. The van der Waals surface area contributed by atoms with Crippen molar-refractivity contribution in [3.63, 3.8) is 0 Å². The third-order valence-electron chi connectivity index (χ3n) is 6.52. The van der Waals surface area contributed by atoms with Gasteiger partial charge in [0.2, 0.25) is 15.9 Å². The van der Waals surface area contributed by atoms with Crippen molar-refractivity contribution in [1.82, 2.24) is 14.9 Å². The minimum absolute atomic E-state index is 0.0234. The zero-order chi connectivity index (χ0) is 22.6. The molecule has 7 nitrogen and oxygen atoms in total. The molecular weight excluding hydrogens is 426 g/mol. The number of amides is 2. The molecule has 0 radical (unpaired) electrons. The molecular formula is C24H29N3O4S. The molecule has 2 aromatic rings. The Bertz CT molecular complexity index is 1080. The van der Waals surface area contributed by atoms with Crippen LogP contribution in [-0.2, 0) is 20.2 Å². The molecule has 1 aliphatic carbocycles. The number of hydrogen-bond acceptors (Lipinski definition) is 4. The van der Waals surface area contributed by atoms with Gasteiger partial charge in [-0.2, -0.15) is 4.31 Å². The van der Waals surface area contributed by atoms with Crippen molar-refractivity contribution in [1.29, 1.82) is 0 Å². The molecule has 1 saturated heterocycles. The van der Waals surface area contributed by atoms with E-state index in [4.69, 9.17) is 0 Å². The third kappa shape index (κ3) is 4.71. The van der Waals surface area contributed by atoms with Crippen LogP contribution in [0.15, 0.2) is 59.5 Å². The minimum atomic E-state index is -3.85. The number of benzene rings is 2. The maximum Gasteiger partial charge on any atom is 0.251 e. The average molecular weight is 456 g/mol. The largest absolute Gasteiger partial charge is 0.354 e. The summed E-state index contributed by atoms with van der Waals surface area (Å²) in [6.45, 7) is 0.793. The Morgan fingerprint density at radius 1 is 1.03 bits per heavy atom. The fraction of sp³-hybridized carbons (Fsp3) is 0.417. The molecule has 2 N–H and O–H groups in total. The average Bonchev–Trinajstić information content (AvgIpc) is 2.84.